The molecule has 0 unspecified atom stereocenters. The van der Waals surface area contributed by atoms with E-state index in [-0.39, 0.29) is 0 Å². The third kappa shape index (κ3) is 2.86. The van der Waals surface area contributed by atoms with Gasteiger partial charge in [0, 0.05) is 32.4 Å². The lowest BCUT2D eigenvalue weighted by molar-refractivity contribution is 0.194. The van der Waals surface area contributed by atoms with Gasteiger partial charge in [-0.3, -0.25) is 9.30 Å². The standard InChI is InChI=1S/C19H17N7S2/c20-12-14-4-3-7-21-17(14)24-10-8-23(9-11-24)13-25-19(27)26-15-5-1-2-6-16(15)28-18(26)22-25/h1-7H,8-11,13H2. The second-order valence-corrected chi connectivity index (χ2v) is 8.08. The van der Waals surface area contributed by atoms with Crippen LogP contribution in [0.3, 0.4) is 0 Å². The van der Waals surface area contributed by atoms with E-state index < -0.39 is 0 Å². The van der Waals surface area contributed by atoms with Gasteiger partial charge in [0.05, 0.1) is 22.4 Å². The summed E-state index contributed by atoms with van der Waals surface area (Å²) >= 11 is 7.36. The summed E-state index contributed by atoms with van der Waals surface area (Å²) in [7, 11) is 0. The van der Waals surface area contributed by atoms with Crippen LogP contribution in [0.2, 0.25) is 0 Å². The fraction of sp³-hybridized carbons (Fsp3) is 0.263. The molecule has 1 saturated heterocycles. The van der Waals surface area contributed by atoms with E-state index in [9.17, 15) is 5.26 Å². The third-order valence-electron chi connectivity index (χ3n) is 5.03. The van der Waals surface area contributed by atoms with Crippen LogP contribution in [-0.2, 0) is 6.67 Å². The van der Waals surface area contributed by atoms with Crippen LogP contribution in [0.1, 0.15) is 5.56 Å². The molecule has 0 amide bonds. The van der Waals surface area contributed by atoms with Crippen LogP contribution in [0.5, 0.6) is 0 Å². The fourth-order valence-corrected chi connectivity index (χ4v) is 4.97. The van der Waals surface area contributed by atoms with E-state index >= 15 is 0 Å². The van der Waals surface area contributed by atoms with Gasteiger partial charge in [0.25, 0.3) is 0 Å². The van der Waals surface area contributed by atoms with Crippen LogP contribution in [0, 0.1) is 16.1 Å². The molecule has 9 heteroatoms. The molecule has 0 aliphatic carbocycles. The maximum atomic E-state index is 9.30. The highest BCUT2D eigenvalue weighted by molar-refractivity contribution is 7.71. The summed E-state index contributed by atoms with van der Waals surface area (Å²) in [4.78, 5) is 9.83. The summed E-state index contributed by atoms with van der Waals surface area (Å²) in [5, 5.41) is 14.0. The van der Waals surface area contributed by atoms with Crippen molar-refractivity contribution in [3.63, 3.8) is 0 Å². The summed E-state index contributed by atoms with van der Waals surface area (Å²) < 4.78 is 5.88. The van der Waals surface area contributed by atoms with Crippen molar-refractivity contribution >= 4 is 44.6 Å². The van der Waals surface area contributed by atoms with Crippen molar-refractivity contribution in [2.24, 2.45) is 0 Å². The number of thiazole rings is 1. The highest BCUT2D eigenvalue weighted by Gasteiger charge is 2.21. The molecule has 0 bridgehead atoms. The van der Waals surface area contributed by atoms with E-state index in [2.05, 4.69) is 37.4 Å². The number of rotatable bonds is 3. The highest BCUT2D eigenvalue weighted by Crippen LogP contribution is 2.26. The number of anilines is 1. The first-order chi connectivity index (χ1) is 13.7. The van der Waals surface area contributed by atoms with Gasteiger partial charge in [-0.2, -0.15) is 5.26 Å². The lowest BCUT2D eigenvalue weighted by Crippen LogP contribution is -2.47. The van der Waals surface area contributed by atoms with Crippen molar-refractivity contribution in [2.45, 2.75) is 6.67 Å². The Morgan fingerprint density at radius 2 is 1.93 bits per heavy atom. The van der Waals surface area contributed by atoms with E-state index in [0.717, 1.165) is 47.2 Å². The summed E-state index contributed by atoms with van der Waals surface area (Å²) in [5.41, 5.74) is 1.74. The number of benzene rings is 1. The average molecular weight is 408 g/mol. The smallest absolute Gasteiger partial charge is 0.216 e. The molecule has 3 aromatic heterocycles. The number of fused-ring (bicyclic) bond motifs is 3. The molecule has 4 aromatic rings. The molecule has 0 saturated carbocycles. The predicted molar refractivity (Wildman–Crippen MR) is 112 cm³/mol. The summed E-state index contributed by atoms with van der Waals surface area (Å²) in [6, 6.07) is 14.1. The molecular formula is C19H17N7S2. The first kappa shape index (κ1) is 17.3. The fourth-order valence-electron chi connectivity index (χ4n) is 3.61. The Morgan fingerprint density at radius 3 is 2.75 bits per heavy atom. The molecule has 7 nitrogen and oxygen atoms in total. The molecule has 1 aliphatic rings. The average Bonchev–Trinajstić information content (AvgIpc) is 3.25. The van der Waals surface area contributed by atoms with Crippen molar-refractivity contribution in [1.29, 1.82) is 5.26 Å². The predicted octanol–water partition coefficient (Wildman–Crippen LogP) is 3.13. The molecule has 28 heavy (non-hydrogen) atoms. The number of nitriles is 1. The Kier molecular flexibility index (Phi) is 4.31. The van der Waals surface area contributed by atoms with E-state index in [1.165, 1.54) is 4.70 Å². The topological polar surface area (TPSA) is 65.4 Å². The Labute approximate surface area is 170 Å². The zero-order chi connectivity index (χ0) is 19.1. The first-order valence-electron chi connectivity index (χ1n) is 9.04. The van der Waals surface area contributed by atoms with Crippen LogP contribution < -0.4 is 4.90 Å². The van der Waals surface area contributed by atoms with Gasteiger partial charge < -0.3 is 4.90 Å². The highest BCUT2D eigenvalue weighted by atomic mass is 32.1. The van der Waals surface area contributed by atoms with E-state index in [1.807, 2.05) is 22.9 Å². The molecule has 0 spiro atoms. The van der Waals surface area contributed by atoms with Gasteiger partial charge in [-0.1, -0.05) is 23.5 Å². The van der Waals surface area contributed by atoms with Crippen molar-refractivity contribution in [3.05, 3.63) is 52.9 Å². The molecule has 4 heterocycles. The van der Waals surface area contributed by atoms with Gasteiger partial charge in [0.2, 0.25) is 9.73 Å². The van der Waals surface area contributed by atoms with Crippen molar-refractivity contribution in [3.8, 4) is 6.07 Å². The number of aromatic nitrogens is 4. The van der Waals surface area contributed by atoms with Crippen LogP contribution in [-0.4, -0.2) is 50.2 Å². The number of para-hydroxylation sites is 1. The number of piperazine rings is 1. The maximum Gasteiger partial charge on any atom is 0.216 e. The Morgan fingerprint density at radius 1 is 1.11 bits per heavy atom. The minimum atomic E-state index is 0.624. The minimum absolute atomic E-state index is 0.624. The SMILES string of the molecule is N#Cc1cccnc1N1CCN(Cn2nc3sc4ccccc4n3c2=S)CC1. The van der Waals surface area contributed by atoms with E-state index in [4.69, 9.17) is 17.3 Å². The van der Waals surface area contributed by atoms with Crippen molar-refractivity contribution < 1.29 is 0 Å². The Bertz CT molecular complexity index is 1250. The zero-order valence-corrected chi connectivity index (χ0v) is 16.7. The normalized spacial score (nSPS) is 15.3. The first-order valence-corrected chi connectivity index (χ1v) is 10.3. The van der Waals surface area contributed by atoms with E-state index in [0.29, 0.717) is 12.2 Å². The molecule has 0 radical (unpaired) electrons. The van der Waals surface area contributed by atoms with Crippen LogP contribution in [0.4, 0.5) is 5.82 Å². The second kappa shape index (κ2) is 6.98. The van der Waals surface area contributed by atoms with Gasteiger partial charge in [-0.15, -0.1) is 5.10 Å². The van der Waals surface area contributed by atoms with Gasteiger partial charge in [-0.05, 0) is 36.5 Å². The van der Waals surface area contributed by atoms with E-state index in [1.54, 1.807) is 23.6 Å². The lowest BCUT2D eigenvalue weighted by atomic mass is 10.2. The molecule has 1 aromatic carbocycles. The molecule has 1 fully saturated rings. The van der Waals surface area contributed by atoms with Gasteiger partial charge in [-0.25, -0.2) is 9.67 Å². The summed E-state index contributed by atoms with van der Waals surface area (Å²) in [5.74, 6) is 0.773. The Balaban J connectivity index is 1.34. The van der Waals surface area contributed by atoms with Crippen molar-refractivity contribution in [1.82, 2.24) is 24.1 Å². The maximum absolute atomic E-state index is 9.30. The second-order valence-electron chi connectivity index (χ2n) is 6.70. The summed E-state index contributed by atoms with van der Waals surface area (Å²) in [6.45, 7) is 4.06. The number of hydrogen-bond acceptors (Lipinski definition) is 7. The van der Waals surface area contributed by atoms with Crippen molar-refractivity contribution in [2.75, 3.05) is 31.1 Å². The molecule has 1 aliphatic heterocycles. The number of pyridine rings is 1. The molecular weight excluding hydrogens is 390 g/mol. The molecule has 0 N–H and O–H groups in total. The summed E-state index contributed by atoms with van der Waals surface area (Å²) in [6.07, 6.45) is 1.74. The zero-order valence-electron chi connectivity index (χ0n) is 15.0. The monoisotopic (exact) mass is 407 g/mol. The van der Waals surface area contributed by atoms with Gasteiger partial charge >= 0.3 is 0 Å². The molecule has 0 atom stereocenters. The number of nitrogens with zero attached hydrogens (tertiary/aromatic N) is 7. The Hall–Kier alpha value is -2.80. The van der Waals surface area contributed by atoms with Gasteiger partial charge in [0.1, 0.15) is 11.9 Å². The van der Waals surface area contributed by atoms with Crippen LogP contribution >= 0.6 is 23.6 Å². The molecule has 140 valence electrons. The van der Waals surface area contributed by atoms with Crippen LogP contribution in [0.15, 0.2) is 42.6 Å². The minimum Gasteiger partial charge on any atom is -0.353 e. The third-order valence-corrected chi connectivity index (χ3v) is 6.44. The van der Waals surface area contributed by atoms with Crippen LogP contribution in [0.25, 0.3) is 15.2 Å². The lowest BCUT2D eigenvalue weighted by Gasteiger charge is -2.35. The number of hydrogen-bond donors (Lipinski definition) is 0. The largest absolute Gasteiger partial charge is 0.353 e. The van der Waals surface area contributed by atoms with Gasteiger partial charge in [0.15, 0.2) is 0 Å². The quantitative estimate of drug-likeness (QED) is 0.486. The molecule has 5 rings (SSSR count).